The number of carbonyl (C=O) groups excluding carboxylic acids is 1. The van der Waals surface area contributed by atoms with E-state index in [4.69, 9.17) is 11.6 Å². The fourth-order valence-electron chi connectivity index (χ4n) is 3.37. The highest BCUT2D eigenvalue weighted by Gasteiger charge is 2.29. The van der Waals surface area contributed by atoms with Gasteiger partial charge in [0.2, 0.25) is 5.91 Å². The van der Waals surface area contributed by atoms with Crippen LogP contribution in [0.25, 0.3) is 0 Å². The van der Waals surface area contributed by atoms with Crippen molar-refractivity contribution in [1.82, 2.24) is 0 Å². The van der Waals surface area contributed by atoms with Gasteiger partial charge in [0.25, 0.3) is 0 Å². The second-order valence-electron chi connectivity index (χ2n) is 6.57. The van der Waals surface area contributed by atoms with Crippen LogP contribution >= 0.6 is 11.6 Å². The third kappa shape index (κ3) is 3.28. The number of rotatable bonds is 3. The third-order valence-electron chi connectivity index (χ3n) is 4.38. The average molecular weight is 328 g/mol. The first kappa shape index (κ1) is 16.1. The van der Waals surface area contributed by atoms with Crippen LogP contribution in [0, 0.1) is 5.92 Å². The number of hydrogen-bond acceptors (Lipinski definition) is 1. The summed E-state index contributed by atoms with van der Waals surface area (Å²) in [4.78, 5) is 14.6. The minimum atomic E-state index is 0.168. The molecule has 2 nitrogen and oxygen atoms in total. The van der Waals surface area contributed by atoms with Crippen molar-refractivity contribution in [3.05, 3.63) is 64.7 Å². The summed E-state index contributed by atoms with van der Waals surface area (Å²) in [6.45, 7) is 5.05. The number of fused-ring (bicyclic) bond motifs is 1. The lowest BCUT2D eigenvalue weighted by Crippen LogP contribution is -2.33. The molecule has 1 amide bonds. The quantitative estimate of drug-likeness (QED) is 0.753. The number of amides is 1. The van der Waals surface area contributed by atoms with Gasteiger partial charge in [-0.3, -0.25) is 4.79 Å². The molecule has 0 N–H and O–H groups in total. The lowest BCUT2D eigenvalue weighted by atomic mass is 9.87. The Labute approximate surface area is 143 Å². The Balaban J connectivity index is 2.10. The van der Waals surface area contributed by atoms with E-state index in [-0.39, 0.29) is 11.8 Å². The summed E-state index contributed by atoms with van der Waals surface area (Å²) >= 11 is 6.44. The molecule has 0 radical (unpaired) electrons. The number of para-hydroxylation sites is 1. The standard InChI is InChI=1S/C20H22ClNO/c1-14(2)13-22-19-10-6-4-8-17(19)15(11-12-20(22)23)16-7-3-5-9-18(16)21/h3-10,14-15H,11-13H2,1-2H3. The van der Waals surface area contributed by atoms with Crippen LogP contribution in [0.1, 0.15) is 43.7 Å². The highest BCUT2D eigenvalue weighted by atomic mass is 35.5. The lowest BCUT2D eigenvalue weighted by molar-refractivity contribution is -0.118. The smallest absolute Gasteiger partial charge is 0.227 e. The van der Waals surface area contributed by atoms with Crippen LogP contribution in [0.2, 0.25) is 5.02 Å². The van der Waals surface area contributed by atoms with Gasteiger partial charge in [-0.2, -0.15) is 0 Å². The van der Waals surface area contributed by atoms with Gasteiger partial charge in [-0.15, -0.1) is 0 Å². The van der Waals surface area contributed by atoms with Gasteiger partial charge in [0.1, 0.15) is 0 Å². The summed E-state index contributed by atoms with van der Waals surface area (Å²) in [7, 11) is 0. The molecule has 0 spiro atoms. The molecule has 0 bridgehead atoms. The van der Waals surface area contributed by atoms with Crippen LogP contribution in [0.3, 0.4) is 0 Å². The number of hydrogen-bond donors (Lipinski definition) is 0. The van der Waals surface area contributed by atoms with Crippen molar-refractivity contribution in [2.45, 2.75) is 32.6 Å². The van der Waals surface area contributed by atoms with E-state index in [1.54, 1.807) is 0 Å². The molecule has 0 saturated heterocycles. The van der Waals surface area contributed by atoms with Crippen molar-refractivity contribution in [2.24, 2.45) is 5.92 Å². The summed E-state index contributed by atoms with van der Waals surface area (Å²) in [5.41, 5.74) is 3.35. The second kappa shape index (κ2) is 6.76. The molecule has 3 heteroatoms. The normalized spacial score (nSPS) is 18.0. The minimum absolute atomic E-state index is 0.168. The maximum absolute atomic E-state index is 12.7. The third-order valence-corrected chi connectivity index (χ3v) is 4.72. The van der Waals surface area contributed by atoms with Crippen LogP contribution in [0.5, 0.6) is 0 Å². The molecule has 1 unspecified atom stereocenters. The van der Waals surface area contributed by atoms with Crippen molar-refractivity contribution in [3.63, 3.8) is 0 Å². The first-order valence-electron chi connectivity index (χ1n) is 8.21. The van der Waals surface area contributed by atoms with E-state index >= 15 is 0 Å². The first-order chi connectivity index (χ1) is 11.1. The molecule has 2 aromatic rings. The molecule has 1 aliphatic heterocycles. The molecule has 3 rings (SSSR count). The molecule has 0 saturated carbocycles. The Hall–Kier alpha value is -1.80. The SMILES string of the molecule is CC(C)CN1C(=O)CCC(c2ccccc2Cl)c2ccccc21. The number of carbonyl (C=O) groups is 1. The van der Waals surface area contributed by atoms with E-state index in [0.717, 1.165) is 29.2 Å². The molecule has 0 aliphatic carbocycles. The molecular formula is C20H22ClNO. The van der Waals surface area contributed by atoms with Gasteiger partial charge in [-0.1, -0.05) is 61.8 Å². The van der Waals surface area contributed by atoms with Gasteiger partial charge in [0.05, 0.1) is 0 Å². The zero-order chi connectivity index (χ0) is 16.4. The number of anilines is 1. The summed E-state index contributed by atoms with van der Waals surface area (Å²) in [5.74, 6) is 0.811. The highest BCUT2D eigenvalue weighted by Crippen LogP contribution is 2.41. The van der Waals surface area contributed by atoms with Gasteiger partial charge < -0.3 is 4.90 Å². The summed E-state index contributed by atoms with van der Waals surface area (Å²) in [6, 6.07) is 16.2. The largest absolute Gasteiger partial charge is 0.312 e. The number of halogens is 1. The molecular weight excluding hydrogens is 306 g/mol. The Morgan fingerprint density at radius 3 is 2.43 bits per heavy atom. The molecule has 0 aromatic heterocycles. The predicted molar refractivity (Wildman–Crippen MR) is 96.2 cm³/mol. The van der Waals surface area contributed by atoms with E-state index in [2.05, 4.69) is 32.0 Å². The molecule has 1 atom stereocenters. The van der Waals surface area contributed by atoms with Crippen molar-refractivity contribution in [3.8, 4) is 0 Å². The Morgan fingerprint density at radius 2 is 1.74 bits per heavy atom. The van der Waals surface area contributed by atoms with Crippen LogP contribution in [0.15, 0.2) is 48.5 Å². The fraction of sp³-hybridized carbons (Fsp3) is 0.350. The first-order valence-corrected chi connectivity index (χ1v) is 8.59. The van der Waals surface area contributed by atoms with E-state index in [1.807, 2.05) is 35.2 Å². The fourth-order valence-corrected chi connectivity index (χ4v) is 3.63. The van der Waals surface area contributed by atoms with E-state index in [0.29, 0.717) is 12.3 Å². The second-order valence-corrected chi connectivity index (χ2v) is 6.98. The van der Waals surface area contributed by atoms with Gasteiger partial charge in [-0.05, 0) is 35.6 Å². The van der Waals surface area contributed by atoms with Crippen molar-refractivity contribution in [1.29, 1.82) is 0 Å². The molecule has 2 aromatic carbocycles. The Kier molecular flexibility index (Phi) is 4.72. The maximum Gasteiger partial charge on any atom is 0.227 e. The average Bonchev–Trinajstić information content (AvgIpc) is 2.66. The van der Waals surface area contributed by atoms with Crippen molar-refractivity contribution in [2.75, 3.05) is 11.4 Å². The lowest BCUT2D eigenvalue weighted by Gasteiger charge is -2.26. The number of benzene rings is 2. The van der Waals surface area contributed by atoms with Gasteiger partial charge in [0.15, 0.2) is 0 Å². The Morgan fingerprint density at radius 1 is 1.09 bits per heavy atom. The van der Waals surface area contributed by atoms with Crippen LogP contribution in [0.4, 0.5) is 5.69 Å². The van der Waals surface area contributed by atoms with Crippen molar-refractivity contribution < 1.29 is 4.79 Å². The molecule has 1 heterocycles. The van der Waals surface area contributed by atoms with Crippen molar-refractivity contribution >= 4 is 23.2 Å². The maximum atomic E-state index is 12.7. The van der Waals surface area contributed by atoms with Crippen LogP contribution in [-0.4, -0.2) is 12.5 Å². The zero-order valence-corrected chi connectivity index (χ0v) is 14.4. The minimum Gasteiger partial charge on any atom is -0.312 e. The Bertz CT molecular complexity index is 710. The number of nitrogens with zero attached hydrogens (tertiary/aromatic N) is 1. The predicted octanol–water partition coefficient (Wildman–Crippen LogP) is 5.25. The highest BCUT2D eigenvalue weighted by molar-refractivity contribution is 6.31. The summed E-state index contributed by atoms with van der Waals surface area (Å²) in [5, 5.41) is 0.775. The van der Waals surface area contributed by atoms with Gasteiger partial charge in [-0.25, -0.2) is 0 Å². The van der Waals surface area contributed by atoms with Gasteiger partial charge in [0, 0.05) is 29.6 Å². The van der Waals surface area contributed by atoms with Crippen LogP contribution < -0.4 is 4.90 Å². The summed E-state index contributed by atoms with van der Waals surface area (Å²) in [6.07, 6.45) is 1.35. The van der Waals surface area contributed by atoms with Crippen LogP contribution in [-0.2, 0) is 4.79 Å². The molecule has 23 heavy (non-hydrogen) atoms. The summed E-state index contributed by atoms with van der Waals surface area (Å²) < 4.78 is 0. The topological polar surface area (TPSA) is 20.3 Å². The van der Waals surface area contributed by atoms with E-state index in [9.17, 15) is 4.79 Å². The molecule has 120 valence electrons. The monoisotopic (exact) mass is 327 g/mol. The van der Waals surface area contributed by atoms with E-state index < -0.39 is 0 Å². The molecule has 1 aliphatic rings. The van der Waals surface area contributed by atoms with Gasteiger partial charge >= 0.3 is 0 Å². The van der Waals surface area contributed by atoms with E-state index in [1.165, 1.54) is 5.56 Å². The molecule has 0 fully saturated rings. The zero-order valence-electron chi connectivity index (χ0n) is 13.6.